The Bertz CT molecular complexity index is 259. The summed E-state index contributed by atoms with van der Waals surface area (Å²) in [6.07, 6.45) is 8.58. The average molecular weight is 236 g/mol. The topological polar surface area (TPSA) is 17.1 Å². The van der Waals surface area contributed by atoms with Crippen molar-refractivity contribution in [2.45, 2.75) is 59.8 Å². The lowest BCUT2D eigenvalue weighted by Crippen LogP contribution is -2.05. The Morgan fingerprint density at radius 2 is 1.94 bits per heavy atom. The number of hydrogen-bond acceptors (Lipinski definition) is 1. The molecule has 17 heavy (non-hydrogen) atoms. The predicted octanol–water partition coefficient (Wildman–Crippen LogP) is 4.93. The maximum absolute atomic E-state index is 10.7. The zero-order valence-electron chi connectivity index (χ0n) is 12.0. The van der Waals surface area contributed by atoms with Gasteiger partial charge in [-0.2, -0.15) is 0 Å². The second kappa shape index (κ2) is 9.21. The highest BCUT2D eigenvalue weighted by molar-refractivity contribution is 5.53. The third kappa shape index (κ3) is 7.95. The molecular weight excluding hydrogens is 208 g/mol. The number of carbonyl (C=O) groups is 1. The fourth-order valence-corrected chi connectivity index (χ4v) is 1.83. The maximum Gasteiger partial charge on any atom is 0.123 e. The van der Waals surface area contributed by atoms with E-state index >= 15 is 0 Å². The molecule has 98 valence electrons. The van der Waals surface area contributed by atoms with Crippen molar-refractivity contribution in [1.29, 1.82) is 0 Å². The van der Waals surface area contributed by atoms with Gasteiger partial charge in [-0.25, -0.2) is 0 Å². The van der Waals surface area contributed by atoms with Crippen LogP contribution in [0.1, 0.15) is 59.8 Å². The van der Waals surface area contributed by atoms with Crippen LogP contribution in [-0.4, -0.2) is 6.29 Å². The molecule has 0 amide bonds. The molecule has 0 fully saturated rings. The Balaban J connectivity index is 3.89. The fourth-order valence-electron chi connectivity index (χ4n) is 1.83. The Labute approximate surface area is 107 Å². The zero-order chi connectivity index (χ0) is 13.3. The number of hydrogen-bond donors (Lipinski definition) is 0. The van der Waals surface area contributed by atoms with Crippen LogP contribution in [0.4, 0.5) is 0 Å². The highest BCUT2D eigenvalue weighted by Crippen LogP contribution is 2.22. The summed E-state index contributed by atoms with van der Waals surface area (Å²) < 4.78 is 0. The Morgan fingerprint density at radius 3 is 2.41 bits per heavy atom. The zero-order valence-corrected chi connectivity index (χ0v) is 12.0. The lowest BCUT2D eigenvalue weighted by molar-refractivity contribution is -0.111. The number of allylic oxidation sites excluding steroid dienone is 3. The standard InChI is InChI=1S/C16H28O/c1-6-16(12-17)11-10-15(5)14(4)9-7-8-13(2)3/h8,12,15-16H,4,6-7,9-11H2,1-3,5H3. The first-order valence-electron chi connectivity index (χ1n) is 6.77. The molecular formula is C16H28O. The lowest BCUT2D eigenvalue weighted by atomic mass is 9.90. The van der Waals surface area contributed by atoms with Crippen LogP contribution >= 0.6 is 0 Å². The molecule has 0 saturated carbocycles. The fraction of sp³-hybridized carbons (Fsp3) is 0.688. The van der Waals surface area contributed by atoms with Gasteiger partial charge in [0.15, 0.2) is 0 Å². The summed E-state index contributed by atoms with van der Waals surface area (Å²) in [5, 5.41) is 0. The van der Waals surface area contributed by atoms with Gasteiger partial charge in [0, 0.05) is 5.92 Å². The lowest BCUT2D eigenvalue weighted by Gasteiger charge is -2.16. The van der Waals surface area contributed by atoms with Crippen LogP contribution in [0.3, 0.4) is 0 Å². The maximum atomic E-state index is 10.7. The minimum Gasteiger partial charge on any atom is -0.303 e. The van der Waals surface area contributed by atoms with Crippen molar-refractivity contribution in [3.05, 3.63) is 23.8 Å². The average Bonchev–Trinajstić information content (AvgIpc) is 2.29. The first-order valence-corrected chi connectivity index (χ1v) is 6.77. The van der Waals surface area contributed by atoms with Gasteiger partial charge < -0.3 is 4.79 Å². The van der Waals surface area contributed by atoms with Gasteiger partial charge >= 0.3 is 0 Å². The van der Waals surface area contributed by atoms with Gasteiger partial charge in [0.2, 0.25) is 0 Å². The Morgan fingerprint density at radius 1 is 1.29 bits per heavy atom. The van der Waals surface area contributed by atoms with Crippen LogP contribution in [0.2, 0.25) is 0 Å². The molecule has 2 atom stereocenters. The molecule has 0 heterocycles. The second-order valence-corrected chi connectivity index (χ2v) is 5.26. The van der Waals surface area contributed by atoms with E-state index in [-0.39, 0.29) is 5.92 Å². The first-order chi connectivity index (χ1) is 8.01. The van der Waals surface area contributed by atoms with Gasteiger partial charge in [0.25, 0.3) is 0 Å². The number of rotatable bonds is 9. The SMILES string of the molecule is C=C(CCC=C(C)C)C(C)CCC(C=O)CC. The molecule has 0 aromatic carbocycles. The minimum atomic E-state index is 0.239. The summed E-state index contributed by atoms with van der Waals surface area (Å²) in [6.45, 7) is 12.7. The van der Waals surface area contributed by atoms with Crippen molar-refractivity contribution < 1.29 is 4.79 Å². The first kappa shape index (κ1) is 16.1. The molecule has 0 aromatic heterocycles. The molecule has 1 heteroatoms. The quantitative estimate of drug-likeness (QED) is 0.410. The van der Waals surface area contributed by atoms with E-state index in [9.17, 15) is 4.79 Å². The van der Waals surface area contributed by atoms with E-state index in [2.05, 4.69) is 40.3 Å². The largest absolute Gasteiger partial charge is 0.303 e. The molecule has 1 nitrogen and oxygen atoms in total. The van der Waals surface area contributed by atoms with E-state index in [1.807, 2.05) is 0 Å². The molecule has 2 unspecified atom stereocenters. The van der Waals surface area contributed by atoms with Crippen LogP contribution in [0.25, 0.3) is 0 Å². The predicted molar refractivity (Wildman–Crippen MR) is 76.0 cm³/mol. The van der Waals surface area contributed by atoms with Gasteiger partial charge in [0.05, 0.1) is 0 Å². The third-order valence-corrected chi connectivity index (χ3v) is 3.40. The molecule has 0 rings (SSSR count). The van der Waals surface area contributed by atoms with Crippen LogP contribution in [0.15, 0.2) is 23.8 Å². The minimum absolute atomic E-state index is 0.239. The van der Waals surface area contributed by atoms with Crippen molar-refractivity contribution in [2.75, 3.05) is 0 Å². The molecule has 0 aliphatic carbocycles. The van der Waals surface area contributed by atoms with Gasteiger partial charge in [-0.1, -0.05) is 37.6 Å². The van der Waals surface area contributed by atoms with Gasteiger partial charge in [0.1, 0.15) is 6.29 Å². The van der Waals surface area contributed by atoms with Gasteiger partial charge in [-0.15, -0.1) is 0 Å². The van der Waals surface area contributed by atoms with E-state index < -0.39 is 0 Å². The van der Waals surface area contributed by atoms with Crippen LogP contribution in [-0.2, 0) is 4.79 Å². The monoisotopic (exact) mass is 236 g/mol. The highest BCUT2D eigenvalue weighted by Gasteiger charge is 2.10. The van der Waals surface area contributed by atoms with E-state index in [0.717, 1.165) is 38.4 Å². The summed E-state index contributed by atoms with van der Waals surface area (Å²) in [5.41, 5.74) is 2.70. The molecule has 0 saturated heterocycles. The van der Waals surface area contributed by atoms with Crippen LogP contribution < -0.4 is 0 Å². The summed E-state index contributed by atoms with van der Waals surface area (Å²) >= 11 is 0. The Kier molecular flexibility index (Phi) is 8.75. The van der Waals surface area contributed by atoms with Crippen LogP contribution in [0.5, 0.6) is 0 Å². The second-order valence-electron chi connectivity index (χ2n) is 5.26. The summed E-state index contributed by atoms with van der Waals surface area (Å²) in [7, 11) is 0. The molecule has 0 aliphatic rings. The van der Waals surface area contributed by atoms with E-state index in [1.165, 1.54) is 11.1 Å². The van der Waals surface area contributed by atoms with Crippen molar-refractivity contribution in [3.8, 4) is 0 Å². The van der Waals surface area contributed by atoms with Gasteiger partial charge in [-0.05, 0) is 51.9 Å². The molecule has 0 aliphatic heterocycles. The molecule has 0 spiro atoms. The summed E-state index contributed by atoms with van der Waals surface area (Å²) in [6, 6.07) is 0. The molecule has 0 N–H and O–H groups in total. The summed E-state index contributed by atoms with van der Waals surface area (Å²) in [4.78, 5) is 10.7. The van der Waals surface area contributed by atoms with Crippen molar-refractivity contribution in [3.63, 3.8) is 0 Å². The van der Waals surface area contributed by atoms with Crippen molar-refractivity contribution in [1.82, 2.24) is 0 Å². The van der Waals surface area contributed by atoms with E-state index in [1.54, 1.807) is 0 Å². The third-order valence-electron chi connectivity index (χ3n) is 3.40. The highest BCUT2D eigenvalue weighted by atomic mass is 16.1. The molecule has 0 aromatic rings. The van der Waals surface area contributed by atoms with E-state index in [4.69, 9.17) is 0 Å². The Hall–Kier alpha value is -0.850. The van der Waals surface area contributed by atoms with Crippen molar-refractivity contribution >= 4 is 6.29 Å². The molecule has 0 bridgehead atoms. The normalized spacial score (nSPS) is 13.9. The van der Waals surface area contributed by atoms with Crippen molar-refractivity contribution in [2.24, 2.45) is 11.8 Å². The number of carbonyl (C=O) groups excluding carboxylic acids is 1. The summed E-state index contributed by atoms with van der Waals surface area (Å²) in [5.74, 6) is 0.776. The van der Waals surface area contributed by atoms with Crippen LogP contribution in [0, 0.1) is 11.8 Å². The van der Waals surface area contributed by atoms with Gasteiger partial charge in [-0.3, -0.25) is 0 Å². The van der Waals surface area contributed by atoms with E-state index in [0.29, 0.717) is 5.92 Å². The number of aldehydes is 1. The molecule has 0 radical (unpaired) electrons. The smallest absolute Gasteiger partial charge is 0.123 e.